The molecule has 3 rings (SSSR count). The van der Waals surface area contributed by atoms with E-state index < -0.39 is 5.91 Å². The largest absolute Gasteiger partial charge is 0.351 e. The Morgan fingerprint density at radius 2 is 2.07 bits per heavy atom. The SMILES string of the molecule is C=CN(C)c1cccc(Cl)c1CNCC1CCN(c2ncc(C(=O)NO)cn2)CC1. The molecule has 0 saturated carbocycles. The smallest absolute Gasteiger partial charge is 0.277 e. The molecule has 1 aliphatic rings. The van der Waals surface area contributed by atoms with Crippen LogP contribution in [0.15, 0.2) is 43.4 Å². The maximum absolute atomic E-state index is 11.4. The second-order valence-corrected chi connectivity index (χ2v) is 7.71. The summed E-state index contributed by atoms with van der Waals surface area (Å²) in [6.45, 7) is 7.15. The first-order chi connectivity index (χ1) is 14.5. The monoisotopic (exact) mass is 430 g/mol. The third kappa shape index (κ3) is 5.27. The molecule has 0 aliphatic carbocycles. The minimum Gasteiger partial charge on any atom is -0.351 e. The summed E-state index contributed by atoms with van der Waals surface area (Å²) in [4.78, 5) is 23.9. The molecule has 9 heteroatoms. The van der Waals surface area contributed by atoms with Gasteiger partial charge >= 0.3 is 0 Å². The van der Waals surface area contributed by atoms with Gasteiger partial charge in [-0.25, -0.2) is 15.4 Å². The van der Waals surface area contributed by atoms with Crippen molar-refractivity contribution in [3.8, 4) is 0 Å². The molecule has 30 heavy (non-hydrogen) atoms. The lowest BCUT2D eigenvalue weighted by molar-refractivity contribution is 0.0705. The van der Waals surface area contributed by atoms with Gasteiger partial charge in [-0.3, -0.25) is 10.0 Å². The molecule has 1 fully saturated rings. The van der Waals surface area contributed by atoms with E-state index in [4.69, 9.17) is 16.8 Å². The lowest BCUT2D eigenvalue weighted by Crippen LogP contribution is -2.38. The Hall–Kier alpha value is -2.68. The molecule has 3 N–H and O–H groups in total. The van der Waals surface area contributed by atoms with Crippen molar-refractivity contribution in [3.63, 3.8) is 0 Å². The van der Waals surface area contributed by atoms with Crippen LogP contribution < -0.4 is 20.6 Å². The number of hydroxylamine groups is 1. The molecule has 2 aromatic rings. The van der Waals surface area contributed by atoms with Crippen LogP contribution in [0.5, 0.6) is 0 Å². The van der Waals surface area contributed by atoms with Crippen LogP contribution >= 0.6 is 11.6 Å². The molecule has 2 heterocycles. The molecule has 1 saturated heterocycles. The molecular formula is C21H27ClN6O2. The van der Waals surface area contributed by atoms with Crippen molar-refractivity contribution in [1.82, 2.24) is 20.8 Å². The van der Waals surface area contributed by atoms with Crippen molar-refractivity contribution in [2.45, 2.75) is 19.4 Å². The van der Waals surface area contributed by atoms with Crippen molar-refractivity contribution in [2.75, 3.05) is 36.5 Å². The number of nitrogens with one attached hydrogen (secondary N) is 2. The zero-order valence-electron chi connectivity index (χ0n) is 17.0. The van der Waals surface area contributed by atoms with Gasteiger partial charge in [-0.1, -0.05) is 24.2 Å². The number of amides is 1. The highest BCUT2D eigenvalue weighted by Gasteiger charge is 2.21. The summed E-state index contributed by atoms with van der Waals surface area (Å²) in [5, 5.41) is 13.0. The van der Waals surface area contributed by atoms with E-state index >= 15 is 0 Å². The highest BCUT2D eigenvalue weighted by Crippen LogP contribution is 2.27. The number of carbonyl (C=O) groups excluding carboxylic acids is 1. The van der Waals surface area contributed by atoms with Crippen molar-refractivity contribution >= 4 is 29.1 Å². The van der Waals surface area contributed by atoms with Crippen molar-refractivity contribution in [3.05, 3.63) is 59.5 Å². The molecule has 8 nitrogen and oxygen atoms in total. The number of carbonyl (C=O) groups is 1. The van der Waals surface area contributed by atoms with Crippen LogP contribution in [0.25, 0.3) is 0 Å². The van der Waals surface area contributed by atoms with Gasteiger partial charge in [0.25, 0.3) is 5.91 Å². The van der Waals surface area contributed by atoms with Gasteiger partial charge in [0.1, 0.15) is 0 Å². The highest BCUT2D eigenvalue weighted by atomic mass is 35.5. The van der Waals surface area contributed by atoms with Gasteiger partial charge < -0.3 is 15.1 Å². The van der Waals surface area contributed by atoms with Gasteiger partial charge in [0.15, 0.2) is 0 Å². The van der Waals surface area contributed by atoms with Gasteiger partial charge in [-0.2, -0.15) is 0 Å². The van der Waals surface area contributed by atoms with E-state index in [0.29, 0.717) is 18.4 Å². The second kappa shape index (κ2) is 10.4. The van der Waals surface area contributed by atoms with E-state index in [1.165, 1.54) is 12.4 Å². The first-order valence-electron chi connectivity index (χ1n) is 9.88. The molecule has 0 unspecified atom stereocenters. The van der Waals surface area contributed by atoms with Crippen LogP contribution in [0.4, 0.5) is 11.6 Å². The third-order valence-corrected chi connectivity index (χ3v) is 5.74. The predicted molar refractivity (Wildman–Crippen MR) is 118 cm³/mol. The van der Waals surface area contributed by atoms with Crippen LogP contribution in [0.2, 0.25) is 5.02 Å². The zero-order chi connectivity index (χ0) is 21.5. The molecule has 0 spiro atoms. The summed E-state index contributed by atoms with van der Waals surface area (Å²) in [5.74, 6) is 0.542. The number of benzene rings is 1. The topological polar surface area (TPSA) is 93.6 Å². The van der Waals surface area contributed by atoms with Gasteiger partial charge in [0, 0.05) is 55.3 Å². The Morgan fingerprint density at radius 1 is 1.37 bits per heavy atom. The lowest BCUT2D eigenvalue weighted by atomic mass is 9.97. The quantitative estimate of drug-likeness (QED) is 0.438. The fraction of sp³-hybridized carbons (Fsp3) is 0.381. The van der Waals surface area contributed by atoms with Crippen molar-refractivity contribution < 1.29 is 10.0 Å². The standard InChI is InChI=1S/C21H27ClN6O2/c1-3-27(2)19-6-4-5-18(22)17(19)14-23-11-15-7-9-28(10-8-15)21-24-12-16(13-25-21)20(29)26-30/h3-6,12-13,15,23,30H,1,7-11,14H2,2H3,(H,26,29). The number of hydrogen-bond acceptors (Lipinski definition) is 7. The summed E-state index contributed by atoms with van der Waals surface area (Å²) in [6.07, 6.45) is 6.66. The normalized spacial score (nSPS) is 14.4. The molecule has 1 aromatic heterocycles. The highest BCUT2D eigenvalue weighted by molar-refractivity contribution is 6.31. The third-order valence-electron chi connectivity index (χ3n) is 5.38. The number of rotatable bonds is 8. The molecule has 1 amide bonds. The maximum Gasteiger partial charge on any atom is 0.277 e. The minimum absolute atomic E-state index is 0.223. The van der Waals surface area contributed by atoms with Crippen LogP contribution in [-0.4, -0.2) is 47.8 Å². The first kappa shape index (κ1) is 22.0. The van der Waals surface area contributed by atoms with Gasteiger partial charge in [0.05, 0.1) is 5.56 Å². The van der Waals surface area contributed by atoms with Crippen LogP contribution in [0, 0.1) is 5.92 Å². The van der Waals surface area contributed by atoms with E-state index in [1.807, 2.05) is 30.1 Å². The van der Waals surface area contributed by atoms with E-state index in [9.17, 15) is 4.79 Å². The Balaban J connectivity index is 1.49. The number of nitrogens with zero attached hydrogens (tertiary/aromatic N) is 4. The number of halogens is 1. The van der Waals surface area contributed by atoms with E-state index in [1.54, 1.807) is 11.7 Å². The fourth-order valence-electron chi connectivity index (χ4n) is 3.56. The average Bonchev–Trinajstić information content (AvgIpc) is 2.79. The summed E-state index contributed by atoms with van der Waals surface area (Å²) in [7, 11) is 1.96. The molecular weight excluding hydrogens is 404 g/mol. The molecule has 0 atom stereocenters. The van der Waals surface area contributed by atoms with Crippen LogP contribution in [0.3, 0.4) is 0 Å². The molecule has 1 aliphatic heterocycles. The van der Waals surface area contributed by atoms with Crippen molar-refractivity contribution in [1.29, 1.82) is 0 Å². The Morgan fingerprint density at radius 3 is 2.70 bits per heavy atom. The minimum atomic E-state index is -0.618. The van der Waals surface area contributed by atoms with Crippen LogP contribution in [-0.2, 0) is 6.54 Å². The van der Waals surface area contributed by atoms with Crippen LogP contribution in [0.1, 0.15) is 28.8 Å². The maximum atomic E-state index is 11.4. The second-order valence-electron chi connectivity index (χ2n) is 7.30. The van der Waals surface area contributed by atoms with E-state index in [0.717, 1.165) is 48.7 Å². The van der Waals surface area contributed by atoms with E-state index in [2.05, 4.69) is 26.8 Å². The predicted octanol–water partition coefficient (Wildman–Crippen LogP) is 2.83. The Kier molecular flexibility index (Phi) is 7.62. The average molecular weight is 431 g/mol. The number of piperidine rings is 1. The summed E-state index contributed by atoms with van der Waals surface area (Å²) in [6, 6.07) is 5.90. The summed E-state index contributed by atoms with van der Waals surface area (Å²) in [5.41, 5.74) is 3.92. The lowest BCUT2D eigenvalue weighted by Gasteiger charge is -2.32. The molecule has 160 valence electrons. The van der Waals surface area contributed by atoms with Gasteiger partial charge in [-0.05, 0) is 43.6 Å². The number of aromatic nitrogens is 2. The van der Waals surface area contributed by atoms with E-state index in [-0.39, 0.29) is 5.56 Å². The Labute approximate surface area is 181 Å². The molecule has 0 radical (unpaired) electrons. The van der Waals surface area contributed by atoms with Crippen molar-refractivity contribution in [2.24, 2.45) is 5.92 Å². The fourth-order valence-corrected chi connectivity index (χ4v) is 3.79. The molecule has 0 bridgehead atoms. The molecule has 1 aromatic carbocycles. The number of hydrogen-bond donors (Lipinski definition) is 3. The number of anilines is 2. The Bertz CT molecular complexity index is 868. The zero-order valence-corrected chi connectivity index (χ0v) is 17.8. The summed E-state index contributed by atoms with van der Waals surface area (Å²) >= 11 is 6.42. The van der Waals surface area contributed by atoms with Gasteiger partial charge in [-0.15, -0.1) is 0 Å². The van der Waals surface area contributed by atoms with Gasteiger partial charge in [0.2, 0.25) is 5.95 Å². The summed E-state index contributed by atoms with van der Waals surface area (Å²) < 4.78 is 0. The first-order valence-corrected chi connectivity index (χ1v) is 10.3.